The van der Waals surface area contributed by atoms with Crippen LogP contribution in [0.3, 0.4) is 0 Å². The maximum atomic E-state index is 13.1. The molecule has 1 aromatic rings. The van der Waals surface area contributed by atoms with Gasteiger partial charge in [-0.25, -0.2) is 8.78 Å². The summed E-state index contributed by atoms with van der Waals surface area (Å²) in [7, 11) is 1.72. The summed E-state index contributed by atoms with van der Waals surface area (Å²) in [6.07, 6.45) is 4.04. The number of ether oxygens (including phenoxy) is 1. The second-order valence-corrected chi connectivity index (χ2v) is 5.93. The molecule has 0 radical (unpaired) electrons. The Bertz CT molecular complexity index is 586. The van der Waals surface area contributed by atoms with Crippen LogP contribution in [0.1, 0.15) is 12.8 Å². The maximum absolute atomic E-state index is 13.1. The molecule has 138 valence electrons. The van der Waals surface area contributed by atoms with E-state index in [4.69, 9.17) is 4.74 Å². The number of guanidine groups is 1. The van der Waals surface area contributed by atoms with E-state index in [9.17, 15) is 8.78 Å². The van der Waals surface area contributed by atoms with E-state index in [0.29, 0.717) is 24.9 Å². The molecule has 1 aliphatic heterocycles. The first-order valence-electron chi connectivity index (χ1n) is 8.50. The van der Waals surface area contributed by atoms with Gasteiger partial charge >= 0.3 is 0 Å². The van der Waals surface area contributed by atoms with Gasteiger partial charge in [-0.3, -0.25) is 9.89 Å². The number of likely N-dealkylation sites (tertiary alicyclic amines) is 1. The number of hydrogen-bond donors (Lipinski definition) is 2. The van der Waals surface area contributed by atoms with Crippen LogP contribution < -0.4 is 15.4 Å². The third-order valence-electron chi connectivity index (χ3n) is 4.09. The van der Waals surface area contributed by atoms with Crippen molar-refractivity contribution in [3.8, 4) is 5.75 Å². The average molecular weight is 352 g/mol. The Kier molecular flexibility index (Phi) is 7.66. The average Bonchev–Trinajstić information content (AvgIpc) is 2.62. The van der Waals surface area contributed by atoms with Crippen LogP contribution in [0.15, 0.2) is 35.8 Å². The standard InChI is InChI=1S/C18H26F2N4O/c1-3-9-24-10-6-14(7-11-24)23-18(21-2)22-8-12-25-15-4-5-16(19)17(20)13-15/h3-5,13-14H,1,6-12H2,2H3,(H2,21,22,23). The largest absolute Gasteiger partial charge is 0.492 e. The number of rotatable bonds is 7. The van der Waals surface area contributed by atoms with E-state index in [-0.39, 0.29) is 0 Å². The molecule has 0 saturated carbocycles. The number of benzene rings is 1. The van der Waals surface area contributed by atoms with Crippen LogP contribution in [-0.2, 0) is 0 Å². The van der Waals surface area contributed by atoms with E-state index in [0.717, 1.165) is 50.6 Å². The van der Waals surface area contributed by atoms with Gasteiger partial charge in [0.05, 0.1) is 6.54 Å². The summed E-state index contributed by atoms with van der Waals surface area (Å²) in [5.74, 6) is -0.769. The van der Waals surface area contributed by atoms with Crippen molar-refractivity contribution in [2.45, 2.75) is 18.9 Å². The summed E-state index contributed by atoms with van der Waals surface area (Å²) in [6, 6.07) is 3.89. The fraction of sp³-hybridized carbons (Fsp3) is 0.500. The second-order valence-electron chi connectivity index (χ2n) is 5.93. The molecule has 1 aliphatic rings. The van der Waals surface area contributed by atoms with Crippen LogP contribution in [0, 0.1) is 11.6 Å². The normalized spacial score (nSPS) is 16.5. The molecule has 7 heteroatoms. The lowest BCUT2D eigenvalue weighted by Gasteiger charge is -2.32. The first-order valence-corrected chi connectivity index (χ1v) is 8.50. The number of hydrogen-bond acceptors (Lipinski definition) is 3. The monoisotopic (exact) mass is 352 g/mol. The zero-order chi connectivity index (χ0) is 18.1. The minimum absolute atomic E-state index is 0.304. The zero-order valence-electron chi connectivity index (χ0n) is 14.6. The second kappa shape index (κ2) is 9.98. The van der Waals surface area contributed by atoms with E-state index >= 15 is 0 Å². The summed E-state index contributed by atoms with van der Waals surface area (Å²) >= 11 is 0. The highest BCUT2D eigenvalue weighted by Gasteiger charge is 2.18. The number of halogens is 2. The highest BCUT2D eigenvalue weighted by Crippen LogP contribution is 2.15. The van der Waals surface area contributed by atoms with Gasteiger partial charge < -0.3 is 15.4 Å². The predicted molar refractivity (Wildman–Crippen MR) is 96.0 cm³/mol. The highest BCUT2D eigenvalue weighted by molar-refractivity contribution is 5.79. The van der Waals surface area contributed by atoms with Crippen molar-refractivity contribution in [1.82, 2.24) is 15.5 Å². The van der Waals surface area contributed by atoms with Gasteiger partial charge in [0, 0.05) is 38.8 Å². The van der Waals surface area contributed by atoms with E-state index in [2.05, 4.69) is 27.1 Å². The van der Waals surface area contributed by atoms with Crippen molar-refractivity contribution < 1.29 is 13.5 Å². The third-order valence-corrected chi connectivity index (χ3v) is 4.09. The molecule has 0 amide bonds. The fourth-order valence-electron chi connectivity index (χ4n) is 2.74. The third kappa shape index (κ3) is 6.34. The molecule has 2 rings (SSSR count). The Morgan fingerprint density at radius 3 is 2.76 bits per heavy atom. The van der Waals surface area contributed by atoms with Crippen LogP contribution in [0.25, 0.3) is 0 Å². The Morgan fingerprint density at radius 2 is 2.12 bits per heavy atom. The highest BCUT2D eigenvalue weighted by atomic mass is 19.2. The molecule has 1 aromatic carbocycles. The molecule has 0 unspecified atom stereocenters. The van der Waals surface area contributed by atoms with Gasteiger partial charge in [-0.2, -0.15) is 0 Å². The minimum atomic E-state index is -0.911. The summed E-state index contributed by atoms with van der Waals surface area (Å²) in [4.78, 5) is 6.58. The molecule has 0 aliphatic carbocycles. The van der Waals surface area contributed by atoms with Gasteiger partial charge in [0.25, 0.3) is 0 Å². The molecule has 1 fully saturated rings. The van der Waals surface area contributed by atoms with E-state index < -0.39 is 11.6 Å². The lowest BCUT2D eigenvalue weighted by Crippen LogP contribution is -2.49. The molecule has 0 bridgehead atoms. The van der Waals surface area contributed by atoms with Crippen LogP contribution in [0.4, 0.5) is 8.78 Å². The quantitative estimate of drug-likeness (QED) is 0.342. The van der Waals surface area contributed by atoms with Crippen molar-refractivity contribution in [1.29, 1.82) is 0 Å². The van der Waals surface area contributed by atoms with Crippen molar-refractivity contribution in [2.24, 2.45) is 4.99 Å². The van der Waals surface area contributed by atoms with E-state index in [1.54, 1.807) is 7.05 Å². The number of aliphatic imine (C=N–C) groups is 1. The smallest absolute Gasteiger partial charge is 0.191 e. The molecule has 2 N–H and O–H groups in total. The summed E-state index contributed by atoms with van der Waals surface area (Å²) in [6.45, 7) is 7.62. The van der Waals surface area contributed by atoms with Crippen LogP contribution >= 0.6 is 0 Å². The molecule has 5 nitrogen and oxygen atoms in total. The van der Waals surface area contributed by atoms with Crippen molar-refractivity contribution in [2.75, 3.05) is 39.8 Å². The van der Waals surface area contributed by atoms with Gasteiger partial charge in [-0.15, -0.1) is 6.58 Å². The SMILES string of the molecule is C=CCN1CCC(NC(=NC)NCCOc2ccc(F)c(F)c2)CC1. The van der Waals surface area contributed by atoms with Gasteiger partial charge in [0.2, 0.25) is 0 Å². The summed E-state index contributed by atoms with van der Waals surface area (Å²) in [5.41, 5.74) is 0. The first kappa shape index (κ1) is 19.2. The summed E-state index contributed by atoms with van der Waals surface area (Å²) < 4.78 is 31.4. The summed E-state index contributed by atoms with van der Waals surface area (Å²) in [5, 5.41) is 6.57. The van der Waals surface area contributed by atoms with Gasteiger partial charge in [0.15, 0.2) is 17.6 Å². The van der Waals surface area contributed by atoms with Crippen LogP contribution in [0.2, 0.25) is 0 Å². The molecule has 0 aromatic heterocycles. The van der Waals surface area contributed by atoms with Gasteiger partial charge in [-0.05, 0) is 25.0 Å². The lowest BCUT2D eigenvalue weighted by molar-refractivity contribution is 0.225. The number of nitrogens with zero attached hydrogens (tertiary/aromatic N) is 2. The lowest BCUT2D eigenvalue weighted by atomic mass is 10.1. The maximum Gasteiger partial charge on any atom is 0.191 e. The Balaban J connectivity index is 1.67. The van der Waals surface area contributed by atoms with E-state index in [1.807, 2.05) is 6.08 Å². The topological polar surface area (TPSA) is 48.9 Å². The zero-order valence-corrected chi connectivity index (χ0v) is 14.6. The van der Waals surface area contributed by atoms with Crippen LogP contribution in [-0.4, -0.2) is 56.7 Å². The molecule has 1 heterocycles. The first-order chi connectivity index (χ1) is 12.1. The van der Waals surface area contributed by atoms with Crippen molar-refractivity contribution >= 4 is 5.96 Å². The molecule has 1 saturated heterocycles. The number of nitrogens with one attached hydrogen (secondary N) is 2. The van der Waals surface area contributed by atoms with Gasteiger partial charge in [-0.1, -0.05) is 6.08 Å². The minimum Gasteiger partial charge on any atom is -0.492 e. The molecule has 0 spiro atoms. The Labute approximate surface area is 147 Å². The fourth-order valence-corrected chi connectivity index (χ4v) is 2.74. The van der Waals surface area contributed by atoms with Crippen molar-refractivity contribution in [3.05, 3.63) is 42.5 Å². The Hall–Kier alpha value is -2.15. The molecular weight excluding hydrogens is 326 g/mol. The van der Waals surface area contributed by atoms with E-state index in [1.165, 1.54) is 6.07 Å². The van der Waals surface area contributed by atoms with Crippen LogP contribution in [0.5, 0.6) is 5.75 Å². The Morgan fingerprint density at radius 1 is 1.36 bits per heavy atom. The predicted octanol–water partition coefficient (Wildman–Crippen LogP) is 2.16. The van der Waals surface area contributed by atoms with Crippen molar-refractivity contribution in [3.63, 3.8) is 0 Å². The molecule has 0 atom stereocenters. The number of piperidine rings is 1. The molecular formula is C18H26F2N4O. The molecule has 25 heavy (non-hydrogen) atoms. The van der Waals surface area contributed by atoms with Gasteiger partial charge in [0.1, 0.15) is 12.4 Å².